The first-order valence-electron chi connectivity index (χ1n) is 4.77. The first kappa shape index (κ1) is 7.99. The zero-order chi connectivity index (χ0) is 8.39. The summed E-state index contributed by atoms with van der Waals surface area (Å²) >= 11 is 0. The molecule has 0 N–H and O–H groups in total. The normalized spacial score (nSPS) is 29.0. The van der Waals surface area contributed by atoms with Crippen LogP contribution in [0.4, 0.5) is 0 Å². The van der Waals surface area contributed by atoms with E-state index in [2.05, 4.69) is 11.0 Å². The van der Waals surface area contributed by atoms with Crippen molar-refractivity contribution in [3.05, 3.63) is 11.6 Å². The van der Waals surface area contributed by atoms with Gasteiger partial charge in [-0.15, -0.1) is 0 Å². The lowest BCUT2D eigenvalue weighted by molar-refractivity contribution is -0.111. The van der Waals surface area contributed by atoms with Gasteiger partial charge in [0, 0.05) is 6.54 Å². The van der Waals surface area contributed by atoms with Gasteiger partial charge in [0.1, 0.15) is 6.29 Å². The van der Waals surface area contributed by atoms with E-state index in [1.165, 1.54) is 19.3 Å². The first-order valence-corrected chi connectivity index (χ1v) is 4.77. The summed E-state index contributed by atoms with van der Waals surface area (Å²) in [6.45, 7) is 2.10. The average Bonchev–Trinajstić information content (AvgIpc) is 2.81. The van der Waals surface area contributed by atoms with E-state index in [0.717, 1.165) is 25.8 Å². The summed E-state index contributed by atoms with van der Waals surface area (Å²) in [6, 6.07) is 0.209. The molecular weight excluding hydrogens is 150 g/mol. The molecule has 1 saturated heterocycles. The van der Waals surface area contributed by atoms with E-state index in [9.17, 15) is 4.79 Å². The van der Waals surface area contributed by atoms with Crippen LogP contribution in [0.25, 0.3) is 0 Å². The number of likely N-dealkylation sites (tertiary alicyclic amines) is 1. The molecule has 0 amide bonds. The number of aldehydes is 1. The van der Waals surface area contributed by atoms with Crippen LogP contribution in [0.2, 0.25) is 0 Å². The molecule has 0 bridgehead atoms. The minimum atomic E-state index is 0.209. The maximum Gasteiger partial charge on any atom is 0.137 e. The zero-order valence-corrected chi connectivity index (χ0v) is 7.33. The van der Waals surface area contributed by atoms with Gasteiger partial charge in [-0.25, -0.2) is 0 Å². The third-order valence-corrected chi connectivity index (χ3v) is 2.72. The van der Waals surface area contributed by atoms with Crippen LogP contribution >= 0.6 is 0 Å². The molecule has 1 atom stereocenters. The van der Waals surface area contributed by atoms with Gasteiger partial charge in [-0.2, -0.15) is 0 Å². The molecule has 2 fully saturated rings. The number of hydrogen-bond donors (Lipinski definition) is 0. The van der Waals surface area contributed by atoms with Crippen molar-refractivity contribution in [1.29, 1.82) is 0 Å². The second kappa shape index (κ2) is 3.40. The molecule has 12 heavy (non-hydrogen) atoms. The Hall–Kier alpha value is -0.630. The average molecular weight is 165 g/mol. The largest absolute Gasteiger partial charge is 0.302 e. The lowest BCUT2D eigenvalue weighted by Crippen LogP contribution is -2.30. The van der Waals surface area contributed by atoms with Crippen molar-refractivity contribution < 1.29 is 4.79 Å². The predicted octanol–water partition coefficient (Wildman–Crippen LogP) is 1.37. The highest BCUT2D eigenvalue weighted by Gasteiger charge is 2.23. The minimum absolute atomic E-state index is 0.209. The fourth-order valence-corrected chi connectivity index (χ4v) is 1.76. The SMILES string of the molecule is O=C[C@@H]1CCCN1CC=C1CC1. The van der Waals surface area contributed by atoms with Gasteiger partial charge in [0.15, 0.2) is 0 Å². The molecule has 2 heteroatoms. The minimum Gasteiger partial charge on any atom is -0.302 e. The molecule has 2 aliphatic rings. The van der Waals surface area contributed by atoms with E-state index in [0.29, 0.717) is 0 Å². The molecule has 0 spiro atoms. The van der Waals surface area contributed by atoms with Gasteiger partial charge in [-0.1, -0.05) is 11.6 Å². The molecule has 1 aliphatic carbocycles. The Morgan fingerprint density at radius 2 is 2.33 bits per heavy atom. The quantitative estimate of drug-likeness (QED) is 0.465. The molecule has 0 aromatic heterocycles. The number of carbonyl (C=O) groups excluding carboxylic acids is 1. The fraction of sp³-hybridized carbons (Fsp3) is 0.700. The van der Waals surface area contributed by atoms with E-state index in [-0.39, 0.29) is 6.04 Å². The Labute approximate surface area is 73.2 Å². The van der Waals surface area contributed by atoms with Crippen LogP contribution in [0.1, 0.15) is 25.7 Å². The molecule has 0 aromatic rings. The van der Waals surface area contributed by atoms with Gasteiger partial charge in [0.05, 0.1) is 6.04 Å². The summed E-state index contributed by atoms with van der Waals surface area (Å²) in [5, 5.41) is 0. The van der Waals surface area contributed by atoms with Gasteiger partial charge in [-0.05, 0) is 32.2 Å². The van der Waals surface area contributed by atoms with E-state index >= 15 is 0 Å². The lowest BCUT2D eigenvalue weighted by atomic mass is 10.2. The van der Waals surface area contributed by atoms with Crippen molar-refractivity contribution in [3.63, 3.8) is 0 Å². The summed E-state index contributed by atoms with van der Waals surface area (Å²) in [4.78, 5) is 12.9. The van der Waals surface area contributed by atoms with E-state index in [1.54, 1.807) is 5.57 Å². The fourth-order valence-electron chi connectivity index (χ4n) is 1.76. The van der Waals surface area contributed by atoms with Gasteiger partial charge < -0.3 is 4.79 Å². The summed E-state index contributed by atoms with van der Waals surface area (Å²) in [7, 11) is 0. The van der Waals surface area contributed by atoms with Gasteiger partial charge in [0.2, 0.25) is 0 Å². The smallest absolute Gasteiger partial charge is 0.137 e. The third kappa shape index (κ3) is 1.75. The molecule has 0 aromatic carbocycles. The highest BCUT2D eigenvalue weighted by Crippen LogP contribution is 2.27. The van der Waals surface area contributed by atoms with Crippen LogP contribution in [0, 0.1) is 0 Å². The molecule has 2 rings (SSSR count). The number of allylic oxidation sites excluding steroid dienone is 1. The van der Waals surface area contributed by atoms with E-state index < -0.39 is 0 Å². The van der Waals surface area contributed by atoms with Crippen molar-refractivity contribution in [1.82, 2.24) is 4.90 Å². The van der Waals surface area contributed by atoms with Gasteiger partial charge in [0.25, 0.3) is 0 Å². The number of hydrogen-bond acceptors (Lipinski definition) is 2. The highest BCUT2D eigenvalue weighted by molar-refractivity contribution is 5.58. The molecule has 2 nitrogen and oxygen atoms in total. The molecular formula is C10H15NO. The summed E-state index contributed by atoms with van der Waals surface area (Å²) < 4.78 is 0. The zero-order valence-electron chi connectivity index (χ0n) is 7.33. The number of rotatable bonds is 3. The maximum atomic E-state index is 10.6. The topological polar surface area (TPSA) is 20.3 Å². The summed E-state index contributed by atoms with van der Waals surface area (Å²) in [6.07, 6.45) is 8.22. The predicted molar refractivity (Wildman–Crippen MR) is 48.0 cm³/mol. The Kier molecular flexibility index (Phi) is 2.26. The van der Waals surface area contributed by atoms with Gasteiger partial charge >= 0.3 is 0 Å². The third-order valence-electron chi connectivity index (χ3n) is 2.72. The Bertz CT molecular complexity index is 204. The lowest BCUT2D eigenvalue weighted by Gasteiger charge is -2.17. The standard InChI is InChI=1S/C10H15NO/c12-8-10-2-1-6-11(10)7-5-9-3-4-9/h5,8,10H,1-4,6-7H2/t10-/m0/s1. The van der Waals surface area contributed by atoms with E-state index in [1.807, 2.05) is 0 Å². The second-order valence-corrected chi connectivity index (χ2v) is 3.70. The molecule has 1 aliphatic heterocycles. The van der Waals surface area contributed by atoms with Crippen molar-refractivity contribution in [2.45, 2.75) is 31.7 Å². The summed E-state index contributed by atoms with van der Waals surface area (Å²) in [5.41, 5.74) is 1.58. The monoisotopic (exact) mass is 165 g/mol. The summed E-state index contributed by atoms with van der Waals surface area (Å²) in [5.74, 6) is 0. The van der Waals surface area contributed by atoms with Crippen molar-refractivity contribution >= 4 is 6.29 Å². The maximum absolute atomic E-state index is 10.6. The number of carbonyl (C=O) groups is 1. The van der Waals surface area contributed by atoms with Gasteiger partial charge in [-0.3, -0.25) is 4.90 Å². The molecule has 66 valence electrons. The van der Waals surface area contributed by atoms with Crippen LogP contribution in [0.15, 0.2) is 11.6 Å². The molecule has 1 saturated carbocycles. The Morgan fingerprint density at radius 3 is 3.00 bits per heavy atom. The van der Waals surface area contributed by atoms with Crippen LogP contribution in [0.3, 0.4) is 0 Å². The molecule has 0 unspecified atom stereocenters. The van der Waals surface area contributed by atoms with Crippen LogP contribution in [-0.2, 0) is 4.79 Å². The highest BCUT2D eigenvalue weighted by atomic mass is 16.1. The van der Waals surface area contributed by atoms with Crippen LogP contribution in [0.5, 0.6) is 0 Å². The molecule has 0 radical (unpaired) electrons. The second-order valence-electron chi connectivity index (χ2n) is 3.70. The Balaban J connectivity index is 1.84. The van der Waals surface area contributed by atoms with Crippen LogP contribution in [-0.4, -0.2) is 30.3 Å². The van der Waals surface area contributed by atoms with Crippen molar-refractivity contribution in [2.75, 3.05) is 13.1 Å². The first-order chi connectivity index (χ1) is 5.90. The van der Waals surface area contributed by atoms with Crippen LogP contribution < -0.4 is 0 Å². The van der Waals surface area contributed by atoms with E-state index in [4.69, 9.17) is 0 Å². The molecule has 1 heterocycles. The van der Waals surface area contributed by atoms with Crippen molar-refractivity contribution in [2.24, 2.45) is 0 Å². The number of nitrogens with zero attached hydrogens (tertiary/aromatic N) is 1. The van der Waals surface area contributed by atoms with Crippen molar-refractivity contribution in [3.8, 4) is 0 Å². The Morgan fingerprint density at radius 1 is 1.50 bits per heavy atom.